The maximum Gasteiger partial charge on any atom is 0.0300 e. The normalized spacial score (nSPS) is 25.8. The molecule has 2 nitrogen and oxygen atoms in total. The van der Waals surface area contributed by atoms with Gasteiger partial charge in [0.25, 0.3) is 0 Å². The molecule has 2 rings (SSSR count). The number of hydrogen-bond acceptors (Lipinski definition) is 2. The van der Waals surface area contributed by atoms with Crippen LogP contribution in [-0.4, -0.2) is 42.5 Å². The first-order valence-corrected chi connectivity index (χ1v) is 4.97. The van der Waals surface area contributed by atoms with Crippen molar-refractivity contribution in [1.82, 2.24) is 9.80 Å². The molecule has 0 spiro atoms. The van der Waals surface area contributed by atoms with Gasteiger partial charge in [0, 0.05) is 32.7 Å². The molecule has 1 saturated heterocycles. The van der Waals surface area contributed by atoms with Gasteiger partial charge in [-0.1, -0.05) is 6.58 Å². The Morgan fingerprint density at radius 3 is 2.33 bits per heavy atom. The molecule has 0 bridgehead atoms. The minimum absolute atomic E-state index is 1.04. The number of hydrogen-bond donors (Lipinski definition) is 0. The van der Waals surface area contributed by atoms with Crippen LogP contribution < -0.4 is 0 Å². The Kier molecular flexibility index (Phi) is 2.35. The summed E-state index contributed by atoms with van der Waals surface area (Å²) in [5, 5.41) is 0. The van der Waals surface area contributed by atoms with Crippen LogP contribution in [0.5, 0.6) is 0 Å². The third kappa shape index (κ3) is 2.01. The maximum absolute atomic E-state index is 3.79. The molecule has 2 fully saturated rings. The Balaban J connectivity index is 1.70. The van der Waals surface area contributed by atoms with Gasteiger partial charge in [-0.25, -0.2) is 0 Å². The molecule has 0 unspecified atom stereocenters. The van der Waals surface area contributed by atoms with Crippen LogP contribution in [-0.2, 0) is 0 Å². The van der Waals surface area contributed by atoms with Gasteiger partial charge in [-0.05, 0) is 25.0 Å². The summed E-state index contributed by atoms with van der Waals surface area (Å²) >= 11 is 0. The van der Waals surface area contributed by atoms with E-state index in [2.05, 4.69) is 16.4 Å². The maximum atomic E-state index is 3.79. The lowest BCUT2D eigenvalue weighted by Crippen LogP contribution is -2.44. The molecule has 0 amide bonds. The highest BCUT2D eigenvalue weighted by Crippen LogP contribution is 2.29. The minimum Gasteiger partial charge on any atom is -0.375 e. The van der Waals surface area contributed by atoms with Crippen molar-refractivity contribution >= 4 is 0 Å². The SMILES string of the molecule is C=CN1CCN(CC2CC2)CC1. The van der Waals surface area contributed by atoms with E-state index in [9.17, 15) is 0 Å². The van der Waals surface area contributed by atoms with Crippen LogP contribution in [0, 0.1) is 5.92 Å². The average molecular weight is 166 g/mol. The molecule has 2 heteroatoms. The Morgan fingerprint density at radius 1 is 1.17 bits per heavy atom. The van der Waals surface area contributed by atoms with Gasteiger partial charge < -0.3 is 4.90 Å². The van der Waals surface area contributed by atoms with Crippen molar-refractivity contribution in [3.05, 3.63) is 12.8 Å². The predicted octanol–water partition coefficient (Wildman–Crippen LogP) is 1.16. The summed E-state index contributed by atoms with van der Waals surface area (Å²) in [5.74, 6) is 1.04. The van der Waals surface area contributed by atoms with Gasteiger partial charge in [0.15, 0.2) is 0 Å². The highest BCUT2D eigenvalue weighted by Gasteiger charge is 2.25. The van der Waals surface area contributed by atoms with Crippen molar-refractivity contribution < 1.29 is 0 Å². The molecule has 1 aliphatic carbocycles. The van der Waals surface area contributed by atoms with E-state index in [1.54, 1.807) is 0 Å². The molecule has 68 valence electrons. The summed E-state index contributed by atoms with van der Waals surface area (Å²) < 4.78 is 0. The predicted molar refractivity (Wildman–Crippen MR) is 50.9 cm³/mol. The molecule has 0 aromatic carbocycles. The lowest BCUT2D eigenvalue weighted by Gasteiger charge is -2.33. The Labute approximate surface area is 74.8 Å². The summed E-state index contributed by atoms with van der Waals surface area (Å²) in [7, 11) is 0. The van der Waals surface area contributed by atoms with Crippen molar-refractivity contribution in [3.8, 4) is 0 Å². The van der Waals surface area contributed by atoms with E-state index >= 15 is 0 Å². The van der Waals surface area contributed by atoms with Crippen LogP contribution in [0.4, 0.5) is 0 Å². The lowest BCUT2D eigenvalue weighted by molar-refractivity contribution is 0.163. The summed E-state index contributed by atoms with van der Waals surface area (Å²) in [6.07, 6.45) is 4.91. The van der Waals surface area contributed by atoms with Crippen molar-refractivity contribution in [3.63, 3.8) is 0 Å². The van der Waals surface area contributed by atoms with Crippen molar-refractivity contribution in [2.75, 3.05) is 32.7 Å². The second kappa shape index (κ2) is 3.48. The van der Waals surface area contributed by atoms with E-state index < -0.39 is 0 Å². The zero-order valence-electron chi connectivity index (χ0n) is 7.71. The van der Waals surface area contributed by atoms with Crippen molar-refractivity contribution in [1.29, 1.82) is 0 Å². The third-order valence-corrected chi connectivity index (χ3v) is 2.88. The molecule has 1 saturated carbocycles. The van der Waals surface area contributed by atoms with E-state index in [1.165, 1.54) is 45.6 Å². The second-order valence-corrected chi connectivity index (χ2v) is 3.96. The third-order valence-electron chi connectivity index (χ3n) is 2.88. The number of rotatable bonds is 3. The fraction of sp³-hybridized carbons (Fsp3) is 0.800. The fourth-order valence-electron chi connectivity index (χ4n) is 1.79. The quantitative estimate of drug-likeness (QED) is 0.620. The molecule has 2 aliphatic rings. The Morgan fingerprint density at radius 2 is 1.83 bits per heavy atom. The van der Waals surface area contributed by atoms with Crippen molar-refractivity contribution in [2.24, 2.45) is 5.92 Å². The van der Waals surface area contributed by atoms with Crippen LogP contribution in [0.3, 0.4) is 0 Å². The Bertz CT molecular complexity index is 155. The largest absolute Gasteiger partial charge is 0.375 e. The van der Waals surface area contributed by atoms with E-state index in [-0.39, 0.29) is 0 Å². The van der Waals surface area contributed by atoms with E-state index in [0.717, 1.165) is 5.92 Å². The first-order chi connectivity index (χ1) is 5.88. The van der Waals surface area contributed by atoms with Crippen LogP contribution in [0.25, 0.3) is 0 Å². The zero-order valence-corrected chi connectivity index (χ0v) is 7.71. The molecule has 12 heavy (non-hydrogen) atoms. The highest BCUT2D eigenvalue weighted by atomic mass is 15.2. The number of nitrogens with zero attached hydrogens (tertiary/aromatic N) is 2. The first-order valence-electron chi connectivity index (χ1n) is 4.97. The number of piperazine rings is 1. The molecule has 0 radical (unpaired) electrons. The molecule has 0 aromatic heterocycles. The van der Waals surface area contributed by atoms with Gasteiger partial charge in [-0.2, -0.15) is 0 Å². The van der Waals surface area contributed by atoms with Gasteiger partial charge >= 0.3 is 0 Å². The van der Waals surface area contributed by atoms with Crippen LogP contribution in [0.15, 0.2) is 12.8 Å². The minimum atomic E-state index is 1.04. The fourth-order valence-corrected chi connectivity index (χ4v) is 1.79. The molecule has 0 aromatic rings. The lowest BCUT2D eigenvalue weighted by atomic mass is 10.3. The van der Waals surface area contributed by atoms with Gasteiger partial charge in [-0.3, -0.25) is 4.90 Å². The molecule has 1 heterocycles. The standard InChI is InChI=1S/C10H18N2/c1-2-11-5-7-12(8-6-11)9-10-3-4-10/h2,10H,1,3-9H2. The summed E-state index contributed by atoms with van der Waals surface area (Å²) in [6.45, 7) is 9.97. The zero-order chi connectivity index (χ0) is 8.39. The van der Waals surface area contributed by atoms with E-state index in [0.29, 0.717) is 0 Å². The Hall–Kier alpha value is -0.500. The summed E-state index contributed by atoms with van der Waals surface area (Å²) in [5.41, 5.74) is 0. The molecular weight excluding hydrogens is 148 g/mol. The smallest absolute Gasteiger partial charge is 0.0300 e. The first kappa shape index (κ1) is 8.11. The van der Waals surface area contributed by atoms with Gasteiger partial charge in [-0.15, -0.1) is 0 Å². The van der Waals surface area contributed by atoms with Crippen molar-refractivity contribution in [2.45, 2.75) is 12.8 Å². The highest BCUT2D eigenvalue weighted by molar-refractivity contribution is 4.83. The van der Waals surface area contributed by atoms with E-state index in [4.69, 9.17) is 0 Å². The van der Waals surface area contributed by atoms with Gasteiger partial charge in [0.2, 0.25) is 0 Å². The van der Waals surface area contributed by atoms with E-state index in [1.807, 2.05) is 6.20 Å². The average Bonchev–Trinajstić information content (AvgIpc) is 2.90. The van der Waals surface area contributed by atoms with Crippen LogP contribution in [0.1, 0.15) is 12.8 Å². The monoisotopic (exact) mass is 166 g/mol. The summed E-state index contributed by atoms with van der Waals surface area (Å²) in [6, 6.07) is 0. The van der Waals surface area contributed by atoms with Gasteiger partial charge in [0.05, 0.1) is 0 Å². The molecular formula is C10H18N2. The molecule has 0 N–H and O–H groups in total. The van der Waals surface area contributed by atoms with Crippen LogP contribution >= 0.6 is 0 Å². The summed E-state index contributed by atoms with van der Waals surface area (Å²) in [4.78, 5) is 4.90. The van der Waals surface area contributed by atoms with Gasteiger partial charge in [0.1, 0.15) is 0 Å². The van der Waals surface area contributed by atoms with Crippen LogP contribution in [0.2, 0.25) is 0 Å². The molecule has 1 aliphatic heterocycles. The second-order valence-electron chi connectivity index (χ2n) is 3.96. The molecule has 0 atom stereocenters. The topological polar surface area (TPSA) is 6.48 Å².